The van der Waals surface area contributed by atoms with Crippen LogP contribution >= 0.6 is 11.6 Å². The van der Waals surface area contributed by atoms with Crippen LogP contribution in [-0.2, 0) is 28.7 Å². The van der Waals surface area contributed by atoms with Crippen LogP contribution in [0.25, 0.3) is 0 Å². The number of carbonyl (C=O) groups is 2. The van der Waals surface area contributed by atoms with Crippen molar-refractivity contribution in [3.8, 4) is 0 Å². The van der Waals surface area contributed by atoms with Gasteiger partial charge in [0.2, 0.25) is 5.95 Å². The molecule has 8 nitrogen and oxygen atoms in total. The number of anilines is 1. The fraction of sp³-hybridized carbons (Fsp3) is 0.556. The number of benzene rings is 1. The molecule has 2 aliphatic rings. The molecular weight excluding hydrogens is 537 g/mol. The van der Waals surface area contributed by atoms with Gasteiger partial charge in [-0.25, -0.2) is 4.98 Å². The third kappa shape index (κ3) is 5.92. The molecule has 2 aromatic rings. The number of esters is 1. The Morgan fingerprint density at radius 1 is 1.18 bits per heavy atom. The van der Waals surface area contributed by atoms with Crippen LogP contribution < -0.4 is 10.9 Å². The van der Waals surface area contributed by atoms with E-state index < -0.39 is 28.7 Å². The van der Waals surface area contributed by atoms with E-state index in [0.29, 0.717) is 42.9 Å². The first-order chi connectivity index (χ1) is 18.3. The molecule has 212 valence electrons. The smallest absolute Gasteiger partial charge is 0.417 e. The molecule has 1 saturated carbocycles. The van der Waals surface area contributed by atoms with Gasteiger partial charge in [0.05, 0.1) is 35.9 Å². The second kappa shape index (κ2) is 11.2. The van der Waals surface area contributed by atoms with Crippen molar-refractivity contribution in [2.24, 2.45) is 5.92 Å². The van der Waals surface area contributed by atoms with E-state index >= 15 is 0 Å². The molecule has 12 heteroatoms. The first-order valence-corrected chi connectivity index (χ1v) is 13.4. The van der Waals surface area contributed by atoms with Gasteiger partial charge in [-0.1, -0.05) is 11.6 Å². The Morgan fingerprint density at radius 2 is 1.85 bits per heavy atom. The van der Waals surface area contributed by atoms with Crippen molar-refractivity contribution in [2.45, 2.75) is 83.7 Å². The Bertz CT molecular complexity index is 1320. The third-order valence-electron chi connectivity index (χ3n) is 7.44. The molecule has 1 aliphatic heterocycles. The Hall–Kier alpha value is -3.08. The maximum absolute atomic E-state index is 13.8. The molecule has 1 N–H and O–H groups in total. The zero-order valence-electron chi connectivity index (χ0n) is 22.3. The van der Waals surface area contributed by atoms with E-state index in [4.69, 9.17) is 21.3 Å². The van der Waals surface area contributed by atoms with Crippen molar-refractivity contribution in [3.05, 3.63) is 56.0 Å². The van der Waals surface area contributed by atoms with Crippen LogP contribution in [0.5, 0.6) is 0 Å². The van der Waals surface area contributed by atoms with Gasteiger partial charge >= 0.3 is 12.1 Å². The number of methoxy groups -OCH3 is 1. The highest BCUT2D eigenvalue weighted by Crippen LogP contribution is 2.37. The topological polar surface area (TPSA) is 93.5 Å². The van der Waals surface area contributed by atoms with E-state index in [-0.39, 0.29) is 48.1 Å². The van der Waals surface area contributed by atoms with Gasteiger partial charge in [0.1, 0.15) is 0 Å². The number of amides is 1. The summed E-state index contributed by atoms with van der Waals surface area (Å²) < 4.78 is 46.7. The Kier molecular flexibility index (Phi) is 8.30. The third-order valence-corrected chi connectivity index (χ3v) is 7.77. The molecule has 1 amide bonds. The van der Waals surface area contributed by atoms with Crippen LogP contribution in [0.15, 0.2) is 23.0 Å². The summed E-state index contributed by atoms with van der Waals surface area (Å²) in [5, 5.41) is 2.76. The molecule has 1 aromatic carbocycles. The van der Waals surface area contributed by atoms with Crippen LogP contribution in [0.1, 0.15) is 79.7 Å². The predicted molar refractivity (Wildman–Crippen MR) is 140 cm³/mol. The number of nitrogens with zero attached hydrogens (tertiary/aromatic N) is 3. The first-order valence-electron chi connectivity index (χ1n) is 13.0. The largest absolute Gasteiger partial charge is 0.469 e. The van der Waals surface area contributed by atoms with Gasteiger partial charge in [-0.15, -0.1) is 0 Å². The van der Waals surface area contributed by atoms with Crippen molar-refractivity contribution < 1.29 is 27.5 Å². The molecule has 0 radical (unpaired) electrons. The fourth-order valence-corrected chi connectivity index (χ4v) is 5.65. The minimum absolute atomic E-state index is 0.0166. The molecule has 1 aromatic heterocycles. The Balaban J connectivity index is 1.67. The normalized spacial score (nSPS) is 21.5. The molecule has 2 heterocycles. The average molecular weight is 569 g/mol. The molecular formula is C27H32ClF3N4O4. The lowest BCUT2D eigenvalue weighted by Gasteiger charge is -2.36. The maximum atomic E-state index is 13.8. The lowest BCUT2D eigenvalue weighted by Crippen LogP contribution is -2.47. The Labute approximate surface area is 229 Å². The highest BCUT2D eigenvalue weighted by Gasteiger charge is 2.37. The number of aromatic nitrogens is 2. The van der Waals surface area contributed by atoms with Gasteiger partial charge in [-0.2, -0.15) is 13.2 Å². The predicted octanol–water partition coefficient (Wildman–Crippen LogP) is 5.23. The van der Waals surface area contributed by atoms with Gasteiger partial charge in [-0.05, 0) is 71.1 Å². The highest BCUT2D eigenvalue weighted by molar-refractivity contribution is 6.31. The number of hydrogen-bond donors (Lipinski definition) is 1. The summed E-state index contributed by atoms with van der Waals surface area (Å²) in [5.74, 6) is -0.658. The number of rotatable bonds is 5. The van der Waals surface area contributed by atoms with Crippen molar-refractivity contribution in [3.63, 3.8) is 0 Å². The summed E-state index contributed by atoms with van der Waals surface area (Å²) in [6.45, 7) is 5.58. The van der Waals surface area contributed by atoms with E-state index in [0.717, 1.165) is 12.1 Å². The fourth-order valence-electron chi connectivity index (χ4n) is 5.42. The lowest BCUT2D eigenvalue weighted by atomic mass is 9.85. The second-order valence-electron chi connectivity index (χ2n) is 10.5. The molecule has 39 heavy (non-hydrogen) atoms. The zero-order valence-corrected chi connectivity index (χ0v) is 23.0. The standard InChI is InChI=1S/C27H32ClF3N4O4/c1-14(2)32-26-33-22-13-34(23(36)17-7-10-21(28)20(12-17)27(29,30)31)15(3)11-19(22)24(37)35(26)18-8-5-16(6-9-18)25(38)39-4/h7,10,12,14-16,18H,5-6,8-9,11,13H2,1-4H3,(H,32,33)/t15-,16-,18-/m1/s1. The van der Waals surface area contributed by atoms with Crippen molar-refractivity contribution in [1.82, 2.24) is 14.5 Å². The summed E-state index contributed by atoms with van der Waals surface area (Å²) in [6, 6.07) is 2.46. The molecule has 1 aliphatic carbocycles. The van der Waals surface area contributed by atoms with E-state index in [1.54, 1.807) is 11.5 Å². The van der Waals surface area contributed by atoms with E-state index in [1.807, 2.05) is 13.8 Å². The van der Waals surface area contributed by atoms with Crippen LogP contribution in [-0.4, -0.2) is 45.5 Å². The number of ether oxygens (including phenoxy) is 1. The number of carbonyl (C=O) groups excluding carboxylic acids is 2. The van der Waals surface area contributed by atoms with Crippen molar-refractivity contribution in [1.29, 1.82) is 0 Å². The summed E-state index contributed by atoms with van der Waals surface area (Å²) in [4.78, 5) is 45.3. The quantitative estimate of drug-likeness (QED) is 0.497. The molecule has 0 saturated heterocycles. The van der Waals surface area contributed by atoms with Gasteiger partial charge in [-0.3, -0.25) is 19.0 Å². The van der Waals surface area contributed by atoms with E-state index in [1.165, 1.54) is 18.1 Å². The summed E-state index contributed by atoms with van der Waals surface area (Å²) in [6.07, 6.45) is -2.06. The molecule has 0 unspecified atom stereocenters. The van der Waals surface area contributed by atoms with Gasteiger partial charge in [0, 0.05) is 29.3 Å². The molecule has 0 spiro atoms. The van der Waals surface area contributed by atoms with E-state index in [2.05, 4.69) is 5.32 Å². The monoisotopic (exact) mass is 568 g/mol. The minimum atomic E-state index is -4.70. The number of alkyl halides is 3. The summed E-state index contributed by atoms with van der Waals surface area (Å²) in [7, 11) is 1.37. The second-order valence-corrected chi connectivity index (χ2v) is 10.9. The Morgan fingerprint density at radius 3 is 2.44 bits per heavy atom. The lowest BCUT2D eigenvalue weighted by molar-refractivity contribution is -0.146. The first kappa shape index (κ1) is 28.9. The number of halogens is 4. The van der Waals surface area contributed by atoms with Crippen LogP contribution in [0.2, 0.25) is 5.02 Å². The molecule has 1 fully saturated rings. The zero-order chi connectivity index (χ0) is 28.6. The average Bonchev–Trinajstić information content (AvgIpc) is 2.87. The highest BCUT2D eigenvalue weighted by atomic mass is 35.5. The van der Waals surface area contributed by atoms with Crippen LogP contribution in [0.4, 0.5) is 19.1 Å². The SMILES string of the molecule is COC(=O)[C@H]1CC[C@H](n2c(NC(C)C)nc3c(c2=O)C[C@@H](C)N(C(=O)c2ccc(Cl)c(C(F)(F)F)c2)C3)CC1. The molecule has 4 rings (SSSR count). The summed E-state index contributed by atoms with van der Waals surface area (Å²) >= 11 is 5.73. The number of fused-ring (bicyclic) bond motifs is 1. The van der Waals surface area contributed by atoms with Crippen LogP contribution in [0.3, 0.4) is 0 Å². The van der Waals surface area contributed by atoms with E-state index in [9.17, 15) is 27.6 Å². The van der Waals surface area contributed by atoms with Gasteiger partial charge in [0.25, 0.3) is 11.5 Å². The summed E-state index contributed by atoms with van der Waals surface area (Å²) in [5.41, 5.74) is -0.513. The van der Waals surface area contributed by atoms with Crippen molar-refractivity contribution in [2.75, 3.05) is 12.4 Å². The van der Waals surface area contributed by atoms with Crippen LogP contribution in [0, 0.1) is 5.92 Å². The number of hydrogen-bond acceptors (Lipinski definition) is 6. The minimum Gasteiger partial charge on any atom is -0.469 e. The van der Waals surface area contributed by atoms with Crippen molar-refractivity contribution >= 4 is 29.4 Å². The van der Waals surface area contributed by atoms with Gasteiger partial charge < -0.3 is 15.0 Å². The number of nitrogens with one attached hydrogen (secondary N) is 1. The maximum Gasteiger partial charge on any atom is 0.417 e. The van der Waals surface area contributed by atoms with Gasteiger partial charge in [0.15, 0.2) is 0 Å². The molecule has 1 atom stereocenters. The molecule has 0 bridgehead atoms.